The number of rotatable bonds is 3. The molecule has 3 heteroatoms. The van der Waals surface area contributed by atoms with Crippen molar-refractivity contribution in [2.75, 3.05) is 6.61 Å². The number of hydrogen-bond donors (Lipinski definition) is 1. The van der Waals surface area contributed by atoms with Crippen molar-refractivity contribution in [1.82, 2.24) is 0 Å². The van der Waals surface area contributed by atoms with Gasteiger partial charge in [0, 0.05) is 6.61 Å². The molecule has 0 saturated carbocycles. The van der Waals surface area contributed by atoms with E-state index in [-0.39, 0.29) is 6.10 Å². The van der Waals surface area contributed by atoms with Crippen LogP contribution in [-0.4, -0.2) is 23.8 Å². The van der Waals surface area contributed by atoms with Gasteiger partial charge in [-0.25, -0.2) is 0 Å². The lowest BCUT2D eigenvalue weighted by molar-refractivity contribution is -0.144. The molecule has 1 aliphatic heterocycles. The van der Waals surface area contributed by atoms with E-state index >= 15 is 0 Å². The average molecular weight is 248 g/mol. The molecule has 2 unspecified atom stereocenters. The lowest BCUT2D eigenvalue weighted by Crippen LogP contribution is -2.32. The van der Waals surface area contributed by atoms with Crippen molar-refractivity contribution in [2.45, 2.75) is 45.1 Å². The average Bonchev–Trinajstić information content (AvgIpc) is 2.33. The van der Waals surface area contributed by atoms with E-state index in [2.05, 4.69) is 0 Å². The Labute approximate surface area is 108 Å². The van der Waals surface area contributed by atoms with Gasteiger partial charge in [0.05, 0.1) is 6.10 Å². The van der Waals surface area contributed by atoms with Crippen LogP contribution < -0.4 is 0 Å². The van der Waals surface area contributed by atoms with Gasteiger partial charge < -0.3 is 9.84 Å². The fraction of sp³-hybridized carbons (Fsp3) is 0.533. The van der Waals surface area contributed by atoms with E-state index in [1.54, 1.807) is 0 Å². The van der Waals surface area contributed by atoms with Crippen LogP contribution in [0.1, 0.15) is 41.9 Å². The minimum Gasteiger partial charge on any atom is -0.481 e. The highest BCUT2D eigenvalue weighted by molar-refractivity contribution is 5.77. The summed E-state index contributed by atoms with van der Waals surface area (Å²) in [6.45, 7) is 4.67. The van der Waals surface area contributed by atoms with Crippen molar-refractivity contribution in [3.05, 3.63) is 34.9 Å². The quantitative estimate of drug-likeness (QED) is 0.894. The maximum absolute atomic E-state index is 11.6. The van der Waals surface area contributed by atoms with Gasteiger partial charge in [-0.15, -0.1) is 0 Å². The number of aliphatic carboxylic acids is 1. The van der Waals surface area contributed by atoms with Gasteiger partial charge in [0.2, 0.25) is 0 Å². The third-order valence-electron chi connectivity index (χ3n) is 3.61. The van der Waals surface area contributed by atoms with Gasteiger partial charge in [0.1, 0.15) is 5.92 Å². The summed E-state index contributed by atoms with van der Waals surface area (Å²) in [5.74, 6) is -1.32. The van der Waals surface area contributed by atoms with Crippen molar-refractivity contribution in [3.8, 4) is 0 Å². The van der Waals surface area contributed by atoms with E-state index in [0.29, 0.717) is 6.61 Å². The van der Waals surface area contributed by atoms with E-state index in [0.717, 1.165) is 36.0 Å². The first-order chi connectivity index (χ1) is 8.59. The fourth-order valence-corrected chi connectivity index (χ4v) is 2.70. The minimum absolute atomic E-state index is 0.183. The molecule has 1 aromatic rings. The topological polar surface area (TPSA) is 46.5 Å². The smallest absolute Gasteiger partial charge is 0.313 e. The molecule has 0 aliphatic carbocycles. The van der Waals surface area contributed by atoms with Crippen molar-refractivity contribution in [1.29, 1.82) is 0 Å². The van der Waals surface area contributed by atoms with E-state index < -0.39 is 11.9 Å². The van der Waals surface area contributed by atoms with Crippen LogP contribution in [0.25, 0.3) is 0 Å². The normalized spacial score (nSPS) is 21.6. The molecule has 0 aromatic heterocycles. The molecule has 0 amide bonds. The molecule has 2 atom stereocenters. The Hall–Kier alpha value is -1.35. The van der Waals surface area contributed by atoms with Crippen LogP contribution in [-0.2, 0) is 9.53 Å². The van der Waals surface area contributed by atoms with Crippen LogP contribution in [0.5, 0.6) is 0 Å². The Morgan fingerprint density at radius 1 is 1.39 bits per heavy atom. The molecule has 0 bridgehead atoms. The Morgan fingerprint density at radius 3 is 2.72 bits per heavy atom. The Balaban J connectivity index is 2.31. The fourth-order valence-electron chi connectivity index (χ4n) is 2.70. The molecular formula is C15H20O3. The Morgan fingerprint density at radius 2 is 2.17 bits per heavy atom. The highest BCUT2D eigenvalue weighted by Crippen LogP contribution is 2.31. The van der Waals surface area contributed by atoms with Gasteiger partial charge in [-0.05, 0) is 44.2 Å². The highest BCUT2D eigenvalue weighted by atomic mass is 16.5. The third-order valence-corrected chi connectivity index (χ3v) is 3.61. The molecule has 1 saturated heterocycles. The summed E-state index contributed by atoms with van der Waals surface area (Å²) in [5, 5.41) is 9.49. The molecule has 0 radical (unpaired) electrons. The zero-order chi connectivity index (χ0) is 13.1. The number of ether oxygens (including phenoxy) is 1. The first-order valence-electron chi connectivity index (χ1n) is 6.51. The van der Waals surface area contributed by atoms with E-state index in [9.17, 15) is 9.90 Å². The molecule has 1 heterocycles. The largest absolute Gasteiger partial charge is 0.481 e. The second-order valence-electron chi connectivity index (χ2n) is 5.08. The molecule has 1 N–H and O–H groups in total. The maximum atomic E-state index is 11.6. The summed E-state index contributed by atoms with van der Waals surface area (Å²) >= 11 is 0. The zero-order valence-electron chi connectivity index (χ0n) is 11.0. The molecule has 0 spiro atoms. The lowest BCUT2D eigenvalue weighted by Gasteiger charge is -2.29. The summed E-state index contributed by atoms with van der Waals surface area (Å²) < 4.78 is 5.66. The van der Waals surface area contributed by atoms with Crippen LogP contribution in [0, 0.1) is 13.8 Å². The molecular weight excluding hydrogens is 228 g/mol. The second-order valence-corrected chi connectivity index (χ2v) is 5.08. The van der Waals surface area contributed by atoms with Crippen molar-refractivity contribution < 1.29 is 14.6 Å². The molecule has 98 valence electrons. The third kappa shape index (κ3) is 2.72. The van der Waals surface area contributed by atoms with Gasteiger partial charge in [-0.2, -0.15) is 0 Å². The minimum atomic E-state index is -0.783. The predicted molar refractivity (Wildman–Crippen MR) is 69.9 cm³/mol. The number of aryl methyl sites for hydroxylation is 2. The first-order valence-corrected chi connectivity index (χ1v) is 6.51. The summed E-state index contributed by atoms with van der Waals surface area (Å²) in [5.41, 5.74) is 3.08. The van der Waals surface area contributed by atoms with Crippen molar-refractivity contribution in [2.24, 2.45) is 0 Å². The molecule has 1 fully saturated rings. The van der Waals surface area contributed by atoms with Crippen LogP contribution in [0.2, 0.25) is 0 Å². The van der Waals surface area contributed by atoms with Gasteiger partial charge in [-0.3, -0.25) is 4.79 Å². The maximum Gasteiger partial charge on any atom is 0.313 e. The Bertz CT molecular complexity index is 433. The van der Waals surface area contributed by atoms with Crippen molar-refractivity contribution in [3.63, 3.8) is 0 Å². The summed E-state index contributed by atoms with van der Waals surface area (Å²) in [6.07, 6.45) is 2.75. The Kier molecular flexibility index (Phi) is 4.02. The number of carbonyl (C=O) groups is 1. The molecule has 1 aliphatic rings. The first kappa shape index (κ1) is 13.1. The van der Waals surface area contributed by atoms with Crippen LogP contribution in [0.15, 0.2) is 18.2 Å². The number of carboxylic acid groups (broad SMARTS) is 1. The van der Waals surface area contributed by atoms with E-state index in [4.69, 9.17) is 4.74 Å². The predicted octanol–water partition coefficient (Wildman–Crippen LogP) is 3.04. The number of carboxylic acids is 1. The van der Waals surface area contributed by atoms with Crippen LogP contribution in [0.4, 0.5) is 0 Å². The number of hydrogen-bond acceptors (Lipinski definition) is 2. The second kappa shape index (κ2) is 5.53. The lowest BCUT2D eigenvalue weighted by atomic mass is 9.86. The summed E-state index contributed by atoms with van der Waals surface area (Å²) in [6, 6.07) is 5.94. The van der Waals surface area contributed by atoms with Crippen LogP contribution >= 0.6 is 0 Å². The van der Waals surface area contributed by atoms with Gasteiger partial charge in [0.25, 0.3) is 0 Å². The van der Waals surface area contributed by atoms with E-state index in [1.807, 2.05) is 32.0 Å². The van der Waals surface area contributed by atoms with Gasteiger partial charge in [-0.1, -0.05) is 23.8 Å². The van der Waals surface area contributed by atoms with E-state index in [1.165, 1.54) is 0 Å². The molecule has 1 aromatic carbocycles. The van der Waals surface area contributed by atoms with Gasteiger partial charge >= 0.3 is 5.97 Å². The zero-order valence-corrected chi connectivity index (χ0v) is 11.0. The van der Waals surface area contributed by atoms with Gasteiger partial charge in [0.15, 0.2) is 0 Å². The molecule has 3 nitrogen and oxygen atoms in total. The molecule has 2 rings (SSSR count). The highest BCUT2D eigenvalue weighted by Gasteiger charge is 2.32. The SMILES string of the molecule is Cc1ccc(C(C(=O)O)C2CCCCO2)c(C)c1. The van der Waals surface area contributed by atoms with Crippen molar-refractivity contribution >= 4 is 5.97 Å². The van der Waals surface area contributed by atoms with Crippen LogP contribution in [0.3, 0.4) is 0 Å². The molecule has 18 heavy (non-hydrogen) atoms. The monoisotopic (exact) mass is 248 g/mol. The summed E-state index contributed by atoms with van der Waals surface area (Å²) in [4.78, 5) is 11.6. The standard InChI is InChI=1S/C15H20O3/c1-10-6-7-12(11(2)9-10)14(15(16)17)13-5-3-4-8-18-13/h6-7,9,13-14H,3-5,8H2,1-2H3,(H,16,17). The number of benzene rings is 1. The summed E-state index contributed by atoms with van der Waals surface area (Å²) in [7, 11) is 0.